The fourth-order valence-corrected chi connectivity index (χ4v) is 11.8. The van der Waals surface area contributed by atoms with Gasteiger partial charge in [0, 0.05) is 0 Å². The molecular weight excluding hydrogens is 560 g/mol. The average Bonchev–Trinajstić information content (AvgIpc) is 3.33. The van der Waals surface area contributed by atoms with E-state index in [0.29, 0.717) is 18.3 Å². The van der Waals surface area contributed by atoms with E-state index in [-0.39, 0.29) is 39.6 Å². The van der Waals surface area contributed by atoms with Crippen molar-refractivity contribution in [1.82, 2.24) is 0 Å². The van der Waals surface area contributed by atoms with Gasteiger partial charge < -0.3 is 40.1 Å². The summed E-state index contributed by atoms with van der Waals surface area (Å²) in [5, 5.41) is 65.0. The summed E-state index contributed by atoms with van der Waals surface area (Å²) in [6.07, 6.45) is 2.60. The first kappa shape index (κ1) is 34.7. The van der Waals surface area contributed by atoms with E-state index >= 15 is 0 Å². The van der Waals surface area contributed by atoms with Gasteiger partial charge in [0.2, 0.25) is 0 Å². The summed E-state index contributed by atoms with van der Waals surface area (Å²) >= 11 is 0. The van der Waals surface area contributed by atoms with E-state index in [1.807, 2.05) is 0 Å². The summed E-state index contributed by atoms with van der Waals surface area (Å²) in [6.45, 7) is 17.5. The molecule has 4 saturated carbocycles. The fraction of sp³-hybridized carbons (Fsp3) is 0.944. The van der Waals surface area contributed by atoms with Crippen molar-refractivity contribution in [3.8, 4) is 0 Å². The summed E-state index contributed by atoms with van der Waals surface area (Å²) in [7, 11) is 0. The maximum atomic E-state index is 12.2. The predicted octanol–water partition coefficient (Wildman–Crippen LogP) is 4.32. The zero-order valence-electron chi connectivity index (χ0n) is 28.5. The third-order valence-corrected chi connectivity index (χ3v) is 14.6. The standard InChI is InChI=1S/C36H62O8/c1-20(2)10-9-14-36(8,44-31-30(42)29(41)28(40)23(19-37)43-31)21-11-16-35(7)27(21)22(38)18-25-33(5)15-13-26(39)32(3,4)24(33)12-17-34(25,35)6/h10,21-31,37-42H,9,11-19H2,1-8H3/t21?,22?,23-,24?,25?,26+,27+,28-,29+,30?,31-,33+,34-,35-,36+/m1/s1. The second kappa shape index (κ2) is 11.8. The highest BCUT2D eigenvalue weighted by molar-refractivity contribution is 5.20. The largest absolute Gasteiger partial charge is 0.394 e. The topological polar surface area (TPSA) is 140 Å². The summed E-state index contributed by atoms with van der Waals surface area (Å²) < 4.78 is 12.6. The van der Waals surface area contributed by atoms with E-state index in [0.717, 1.165) is 51.4 Å². The molecule has 8 nitrogen and oxygen atoms in total. The number of fused-ring (bicyclic) bond motifs is 5. The van der Waals surface area contributed by atoms with Crippen LogP contribution in [0.1, 0.15) is 113 Å². The second-order valence-corrected chi connectivity index (χ2v) is 17.3. The van der Waals surface area contributed by atoms with Gasteiger partial charge in [-0.3, -0.25) is 0 Å². The van der Waals surface area contributed by atoms with Gasteiger partial charge in [-0.15, -0.1) is 0 Å². The average molecular weight is 623 g/mol. The molecule has 15 atom stereocenters. The highest BCUT2D eigenvalue weighted by Crippen LogP contribution is 2.76. The van der Waals surface area contributed by atoms with E-state index < -0.39 is 49.0 Å². The Morgan fingerprint density at radius 2 is 1.52 bits per heavy atom. The minimum Gasteiger partial charge on any atom is -0.394 e. The lowest BCUT2D eigenvalue weighted by Gasteiger charge is -2.70. The van der Waals surface area contributed by atoms with Crippen molar-refractivity contribution in [1.29, 1.82) is 0 Å². The molecule has 1 saturated heterocycles. The van der Waals surface area contributed by atoms with Gasteiger partial charge >= 0.3 is 0 Å². The number of hydrogen-bond acceptors (Lipinski definition) is 8. The van der Waals surface area contributed by atoms with Crippen LogP contribution in [0.2, 0.25) is 0 Å². The Morgan fingerprint density at radius 1 is 0.864 bits per heavy atom. The van der Waals surface area contributed by atoms with Gasteiger partial charge in [0.15, 0.2) is 6.29 Å². The zero-order chi connectivity index (χ0) is 32.6. The maximum Gasteiger partial charge on any atom is 0.187 e. The van der Waals surface area contributed by atoms with E-state index in [1.165, 1.54) is 5.57 Å². The van der Waals surface area contributed by atoms with Crippen LogP contribution in [0.25, 0.3) is 0 Å². The number of aliphatic hydroxyl groups is 6. The van der Waals surface area contributed by atoms with Crippen LogP contribution in [-0.4, -0.2) is 85.8 Å². The Morgan fingerprint density at radius 3 is 2.16 bits per heavy atom. The van der Waals surface area contributed by atoms with Crippen molar-refractivity contribution >= 4 is 0 Å². The first-order valence-electron chi connectivity index (χ1n) is 17.3. The first-order chi connectivity index (χ1) is 20.4. The number of allylic oxidation sites excluding steroid dienone is 2. The molecule has 6 N–H and O–H groups in total. The van der Waals surface area contributed by atoms with E-state index in [4.69, 9.17) is 9.47 Å². The van der Waals surface area contributed by atoms with Gasteiger partial charge in [0.25, 0.3) is 0 Å². The first-order valence-corrected chi connectivity index (χ1v) is 17.3. The predicted molar refractivity (Wildman–Crippen MR) is 168 cm³/mol. The quantitative estimate of drug-likeness (QED) is 0.231. The molecule has 5 fully saturated rings. The van der Waals surface area contributed by atoms with E-state index in [9.17, 15) is 30.6 Å². The van der Waals surface area contributed by atoms with Crippen molar-refractivity contribution in [3.05, 3.63) is 11.6 Å². The number of hydrogen-bond donors (Lipinski definition) is 6. The molecule has 0 radical (unpaired) electrons. The normalized spacial score (nSPS) is 51.5. The molecule has 0 spiro atoms. The van der Waals surface area contributed by atoms with Gasteiger partial charge in [-0.2, -0.15) is 0 Å². The summed E-state index contributed by atoms with van der Waals surface area (Å²) in [6, 6.07) is 0. The molecule has 0 aromatic carbocycles. The van der Waals surface area contributed by atoms with Crippen LogP contribution in [0.15, 0.2) is 11.6 Å². The number of ether oxygens (including phenoxy) is 2. The number of rotatable bonds is 7. The minimum atomic E-state index is -1.50. The van der Waals surface area contributed by atoms with Crippen molar-refractivity contribution in [2.24, 2.45) is 45.3 Å². The van der Waals surface area contributed by atoms with Crippen LogP contribution in [0.5, 0.6) is 0 Å². The monoisotopic (exact) mass is 622 g/mol. The van der Waals surface area contributed by atoms with Crippen LogP contribution in [0, 0.1) is 45.3 Å². The SMILES string of the molecule is CC(C)=CCC[C@](C)(O[C@H]1O[C@H](CO)[C@@H](O)[C@H](O)C1O)C1CC[C@]2(C)[C@@H]1C(O)CC1[C@@]3(C)CC[C@H](O)C(C)(C)C3CC[C@]12C. The Balaban J connectivity index is 1.49. The van der Waals surface area contributed by atoms with Crippen molar-refractivity contribution in [2.45, 2.75) is 162 Å². The molecule has 1 aliphatic heterocycles. The third-order valence-electron chi connectivity index (χ3n) is 14.6. The maximum absolute atomic E-state index is 12.2. The molecule has 0 aromatic rings. The molecule has 8 heteroatoms. The van der Waals surface area contributed by atoms with Crippen LogP contribution in [0.3, 0.4) is 0 Å². The molecule has 1 heterocycles. The molecular formula is C36H62O8. The van der Waals surface area contributed by atoms with Crippen molar-refractivity contribution in [2.75, 3.05) is 6.61 Å². The fourth-order valence-electron chi connectivity index (χ4n) is 11.8. The molecule has 5 rings (SSSR count). The lowest BCUT2D eigenvalue weighted by atomic mass is 9.35. The number of aliphatic hydroxyl groups excluding tert-OH is 6. The molecule has 4 aliphatic carbocycles. The van der Waals surface area contributed by atoms with Gasteiger partial charge in [-0.05, 0) is 124 Å². The second-order valence-electron chi connectivity index (χ2n) is 17.3. The molecule has 254 valence electrons. The van der Waals surface area contributed by atoms with Crippen LogP contribution < -0.4 is 0 Å². The molecule has 5 unspecified atom stereocenters. The summed E-state index contributed by atoms with van der Waals surface area (Å²) in [5.74, 6) is 0.713. The van der Waals surface area contributed by atoms with E-state index in [1.54, 1.807) is 0 Å². The summed E-state index contributed by atoms with van der Waals surface area (Å²) in [4.78, 5) is 0. The zero-order valence-corrected chi connectivity index (χ0v) is 28.5. The summed E-state index contributed by atoms with van der Waals surface area (Å²) in [5.41, 5.74) is 0.171. The minimum absolute atomic E-state index is 0.0131. The molecule has 5 aliphatic rings. The van der Waals surface area contributed by atoms with Gasteiger partial charge in [-0.1, -0.05) is 46.3 Å². The van der Waals surface area contributed by atoms with Crippen molar-refractivity contribution < 1.29 is 40.1 Å². The lowest BCUT2D eigenvalue weighted by molar-refractivity contribution is -0.336. The molecule has 0 amide bonds. The Kier molecular flexibility index (Phi) is 9.35. The third kappa shape index (κ3) is 5.17. The van der Waals surface area contributed by atoms with Crippen LogP contribution in [-0.2, 0) is 9.47 Å². The molecule has 0 bridgehead atoms. The van der Waals surface area contributed by atoms with Gasteiger partial charge in [0.1, 0.15) is 24.4 Å². The van der Waals surface area contributed by atoms with E-state index in [2.05, 4.69) is 61.5 Å². The molecule has 44 heavy (non-hydrogen) atoms. The smallest absolute Gasteiger partial charge is 0.187 e. The Hall–Kier alpha value is -0.580. The Bertz CT molecular complexity index is 1070. The highest BCUT2D eigenvalue weighted by Gasteiger charge is 2.71. The van der Waals surface area contributed by atoms with Crippen LogP contribution >= 0.6 is 0 Å². The van der Waals surface area contributed by atoms with Crippen molar-refractivity contribution in [3.63, 3.8) is 0 Å². The van der Waals surface area contributed by atoms with Gasteiger partial charge in [-0.25, -0.2) is 0 Å². The van der Waals surface area contributed by atoms with Crippen LogP contribution in [0.4, 0.5) is 0 Å². The van der Waals surface area contributed by atoms with Gasteiger partial charge in [0.05, 0.1) is 24.4 Å². The Labute approximate surface area is 265 Å². The highest BCUT2D eigenvalue weighted by atomic mass is 16.7. The molecule has 0 aromatic heterocycles. The lowest BCUT2D eigenvalue weighted by Crippen LogP contribution is -2.67.